The summed E-state index contributed by atoms with van der Waals surface area (Å²) in [6.07, 6.45) is -0.617. The van der Waals surface area contributed by atoms with E-state index >= 15 is 0 Å². The monoisotopic (exact) mass is 292 g/mol. The van der Waals surface area contributed by atoms with Crippen LogP contribution in [0.3, 0.4) is 0 Å². The minimum absolute atomic E-state index is 0.345. The first-order chi connectivity index (χ1) is 10.5. The third-order valence-corrected chi connectivity index (χ3v) is 3.59. The lowest BCUT2D eigenvalue weighted by molar-refractivity contribution is -0.148. The van der Waals surface area contributed by atoms with Gasteiger partial charge in [-0.05, 0) is 39.7 Å². The van der Waals surface area contributed by atoms with Gasteiger partial charge in [0, 0.05) is 5.56 Å². The van der Waals surface area contributed by atoms with Gasteiger partial charge in [0.05, 0.1) is 6.42 Å². The van der Waals surface area contributed by atoms with Crippen LogP contribution >= 0.6 is 0 Å². The zero-order valence-electron chi connectivity index (χ0n) is 11.6. The van der Waals surface area contributed by atoms with Crippen molar-refractivity contribution in [2.24, 2.45) is 0 Å². The number of carboxylic acid groups (broad SMARTS) is 1. The Kier molecular flexibility index (Phi) is 3.43. The van der Waals surface area contributed by atoms with Gasteiger partial charge in [0.25, 0.3) is 0 Å². The molecule has 0 aliphatic rings. The lowest BCUT2D eigenvalue weighted by Gasteiger charge is -2.05. The SMILES string of the molecule is O=C(O)C(=O)CC(=O)c1ccc2cc3ccccc3cc2c1. The predicted molar refractivity (Wildman–Crippen MR) is 83.0 cm³/mol. The van der Waals surface area contributed by atoms with E-state index in [1.54, 1.807) is 18.2 Å². The van der Waals surface area contributed by atoms with Crippen LogP contribution in [0.5, 0.6) is 0 Å². The molecule has 0 aliphatic heterocycles. The molecule has 0 saturated heterocycles. The molecule has 3 rings (SSSR count). The van der Waals surface area contributed by atoms with Crippen LogP contribution in [0.4, 0.5) is 0 Å². The zero-order valence-corrected chi connectivity index (χ0v) is 11.6. The summed E-state index contributed by atoms with van der Waals surface area (Å²) in [5.74, 6) is -3.16. The van der Waals surface area contributed by atoms with E-state index in [1.807, 2.05) is 36.4 Å². The summed E-state index contributed by atoms with van der Waals surface area (Å²) in [6, 6.07) is 17.0. The summed E-state index contributed by atoms with van der Waals surface area (Å²) in [5.41, 5.74) is 0.345. The van der Waals surface area contributed by atoms with Crippen molar-refractivity contribution in [1.29, 1.82) is 0 Å². The molecule has 0 bridgehead atoms. The van der Waals surface area contributed by atoms with E-state index in [4.69, 9.17) is 5.11 Å². The molecule has 4 nitrogen and oxygen atoms in total. The fraction of sp³-hybridized carbons (Fsp3) is 0.0556. The fourth-order valence-corrected chi connectivity index (χ4v) is 2.44. The van der Waals surface area contributed by atoms with Gasteiger partial charge in [0.1, 0.15) is 0 Å². The quantitative estimate of drug-likeness (QED) is 0.347. The van der Waals surface area contributed by atoms with Crippen LogP contribution in [0.15, 0.2) is 54.6 Å². The van der Waals surface area contributed by atoms with Crippen molar-refractivity contribution in [2.45, 2.75) is 6.42 Å². The Labute approximate surface area is 126 Å². The van der Waals surface area contributed by atoms with Crippen molar-refractivity contribution in [3.8, 4) is 0 Å². The van der Waals surface area contributed by atoms with E-state index in [0.29, 0.717) is 5.56 Å². The Bertz CT molecular complexity index is 925. The first-order valence-electron chi connectivity index (χ1n) is 6.76. The van der Waals surface area contributed by atoms with Crippen molar-refractivity contribution in [2.75, 3.05) is 0 Å². The maximum absolute atomic E-state index is 12.0. The van der Waals surface area contributed by atoms with Gasteiger partial charge in [0.2, 0.25) is 5.78 Å². The molecular weight excluding hydrogens is 280 g/mol. The van der Waals surface area contributed by atoms with Crippen molar-refractivity contribution in [3.05, 3.63) is 60.2 Å². The van der Waals surface area contributed by atoms with E-state index in [0.717, 1.165) is 21.5 Å². The number of Topliss-reactive ketones (excluding diaryl/α,β-unsaturated/α-hetero) is 2. The second kappa shape index (κ2) is 5.41. The van der Waals surface area contributed by atoms with Crippen LogP contribution in [-0.2, 0) is 9.59 Å². The van der Waals surface area contributed by atoms with Gasteiger partial charge in [-0.3, -0.25) is 9.59 Å². The van der Waals surface area contributed by atoms with Crippen molar-refractivity contribution in [3.63, 3.8) is 0 Å². The molecule has 4 heteroatoms. The first kappa shape index (κ1) is 13.9. The van der Waals surface area contributed by atoms with Crippen LogP contribution < -0.4 is 0 Å². The van der Waals surface area contributed by atoms with Crippen LogP contribution in [0, 0.1) is 0 Å². The highest BCUT2D eigenvalue weighted by Gasteiger charge is 2.17. The summed E-state index contributed by atoms with van der Waals surface area (Å²) >= 11 is 0. The Hall–Kier alpha value is -3.01. The van der Waals surface area contributed by atoms with Gasteiger partial charge < -0.3 is 5.11 Å². The van der Waals surface area contributed by atoms with E-state index in [1.165, 1.54) is 0 Å². The molecule has 1 N–H and O–H groups in total. The molecule has 22 heavy (non-hydrogen) atoms. The molecule has 0 saturated carbocycles. The number of hydrogen-bond donors (Lipinski definition) is 1. The minimum Gasteiger partial charge on any atom is -0.475 e. The van der Waals surface area contributed by atoms with Crippen molar-refractivity contribution < 1.29 is 19.5 Å². The smallest absolute Gasteiger partial charge is 0.372 e. The third kappa shape index (κ3) is 2.59. The van der Waals surface area contributed by atoms with E-state index in [9.17, 15) is 14.4 Å². The van der Waals surface area contributed by atoms with E-state index < -0.39 is 24.0 Å². The summed E-state index contributed by atoms with van der Waals surface area (Å²) < 4.78 is 0. The maximum atomic E-state index is 12.0. The average Bonchev–Trinajstić information content (AvgIpc) is 2.52. The zero-order chi connectivity index (χ0) is 15.7. The second-order valence-electron chi connectivity index (χ2n) is 5.09. The number of rotatable bonds is 4. The second-order valence-corrected chi connectivity index (χ2v) is 5.09. The number of carbonyl (C=O) groups excluding carboxylic acids is 2. The van der Waals surface area contributed by atoms with E-state index in [-0.39, 0.29) is 0 Å². The maximum Gasteiger partial charge on any atom is 0.372 e. The Morgan fingerprint density at radius 3 is 2.00 bits per heavy atom. The summed E-state index contributed by atoms with van der Waals surface area (Å²) in [7, 11) is 0. The minimum atomic E-state index is -1.58. The molecule has 0 radical (unpaired) electrons. The van der Waals surface area contributed by atoms with Crippen LogP contribution in [0.2, 0.25) is 0 Å². The van der Waals surface area contributed by atoms with Gasteiger partial charge in [-0.1, -0.05) is 36.4 Å². The standard InChI is InChI=1S/C18H12O4/c19-16(10-17(20)18(21)22)14-6-5-13-7-11-3-1-2-4-12(11)8-15(13)9-14/h1-9H,10H2,(H,21,22). The molecule has 0 atom stereocenters. The van der Waals surface area contributed by atoms with Crippen molar-refractivity contribution in [1.82, 2.24) is 0 Å². The molecule has 0 aliphatic carbocycles. The summed E-state index contributed by atoms with van der Waals surface area (Å²) in [5, 5.41) is 12.6. The fourth-order valence-electron chi connectivity index (χ4n) is 2.44. The number of ketones is 2. The highest BCUT2D eigenvalue weighted by molar-refractivity contribution is 6.37. The number of hydrogen-bond acceptors (Lipinski definition) is 3. The van der Waals surface area contributed by atoms with Crippen LogP contribution in [-0.4, -0.2) is 22.6 Å². The molecule has 3 aromatic carbocycles. The molecule has 0 amide bonds. The normalized spacial score (nSPS) is 10.7. The lowest BCUT2D eigenvalue weighted by atomic mass is 9.99. The van der Waals surface area contributed by atoms with Gasteiger partial charge in [-0.2, -0.15) is 0 Å². The highest BCUT2D eigenvalue weighted by Crippen LogP contribution is 2.24. The molecular formula is C18H12O4. The molecule has 0 spiro atoms. The highest BCUT2D eigenvalue weighted by atomic mass is 16.4. The molecule has 0 aromatic heterocycles. The molecule has 108 valence electrons. The largest absolute Gasteiger partial charge is 0.475 e. The number of aliphatic carboxylic acids is 1. The van der Waals surface area contributed by atoms with Crippen LogP contribution in [0.25, 0.3) is 21.5 Å². The number of benzene rings is 3. The Balaban J connectivity index is 2.02. The Morgan fingerprint density at radius 1 is 0.773 bits per heavy atom. The van der Waals surface area contributed by atoms with Gasteiger partial charge in [-0.25, -0.2) is 4.79 Å². The van der Waals surface area contributed by atoms with Gasteiger partial charge >= 0.3 is 5.97 Å². The number of fused-ring (bicyclic) bond motifs is 2. The summed E-state index contributed by atoms with van der Waals surface area (Å²) in [6.45, 7) is 0. The predicted octanol–water partition coefficient (Wildman–Crippen LogP) is 3.22. The summed E-state index contributed by atoms with van der Waals surface area (Å²) in [4.78, 5) is 33.7. The topological polar surface area (TPSA) is 71.4 Å². The molecule has 0 fully saturated rings. The molecule has 0 heterocycles. The van der Waals surface area contributed by atoms with Gasteiger partial charge in [-0.15, -0.1) is 0 Å². The lowest BCUT2D eigenvalue weighted by Crippen LogP contribution is -2.17. The third-order valence-electron chi connectivity index (χ3n) is 3.59. The van der Waals surface area contributed by atoms with E-state index in [2.05, 4.69) is 0 Å². The van der Waals surface area contributed by atoms with Crippen LogP contribution in [0.1, 0.15) is 16.8 Å². The van der Waals surface area contributed by atoms with Crippen molar-refractivity contribution >= 4 is 39.1 Å². The molecule has 0 unspecified atom stereocenters. The number of carbonyl (C=O) groups is 3. The number of carboxylic acids is 1. The molecule has 3 aromatic rings. The first-order valence-corrected chi connectivity index (χ1v) is 6.76. The van der Waals surface area contributed by atoms with Gasteiger partial charge in [0.15, 0.2) is 5.78 Å². The average molecular weight is 292 g/mol. The Morgan fingerprint density at radius 2 is 1.36 bits per heavy atom.